The highest BCUT2D eigenvalue weighted by molar-refractivity contribution is 7.92. The lowest BCUT2D eigenvalue weighted by Crippen LogP contribution is -2.46. The summed E-state index contributed by atoms with van der Waals surface area (Å²) in [6.07, 6.45) is 0.621. The monoisotopic (exact) mass is 589 g/mol. The van der Waals surface area contributed by atoms with Crippen molar-refractivity contribution in [3.63, 3.8) is 0 Å². The van der Waals surface area contributed by atoms with Crippen molar-refractivity contribution in [2.75, 3.05) is 35.8 Å². The smallest absolute Gasteiger partial charge is 0.478 e. The first kappa shape index (κ1) is 31.1. The number of nitrogens with zero attached hydrogens (tertiary/aromatic N) is 2. The highest BCUT2D eigenvalue weighted by Crippen LogP contribution is 2.33. The maximum absolute atomic E-state index is 13.8. The van der Waals surface area contributed by atoms with Gasteiger partial charge in [0.05, 0.1) is 21.8 Å². The van der Waals surface area contributed by atoms with E-state index in [2.05, 4.69) is 14.5 Å². The van der Waals surface area contributed by atoms with Crippen LogP contribution >= 0.6 is 0 Å². The molecule has 4 rings (SSSR count). The first-order valence-corrected chi connectivity index (χ1v) is 14.1. The summed E-state index contributed by atoms with van der Waals surface area (Å²) in [5, 5.41) is 16.6. The summed E-state index contributed by atoms with van der Waals surface area (Å²) in [7, 11) is -4.12. The predicted octanol–water partition coefficient (Wildman–Crippen LogP) is 4.72. The van der Waals surface area contributed by atoms with E-state index in [-0.39, 0.29) is 16.1 Å². The molecule has 0 bridgehead atoms. The van der Waals surface area contributed by atoms with Crippen LogP contribution in [0.4, 0.5) is 28.9 Å². The standard InChI is InChI=1S/C24H30FN3O4S.C2HF3O2/c1-17-5-7-19(25)16-23(17)33(31,32)26-21-15-18(24(29)30)6-8-22(21)28-13-9-20(10-14-28)27-11-3-2-4-12-27;3-2(4,5)1(6)7/h5-8,15-16,20,26H,2-4,9-14H2,1H3,(H,29,30);(H,6,7). The van der Waals surface area contributed by atoms with Gasteiger partial charge in [0.15, 0.2) is 0 Å². The number of hydrogen-bond acceptors (Lipinski definition) is 6. The SMILES string of the molecule is Cc1ccc(F)cc1S(=O)(=O)Nc1cc(C(=O)O)ccc1N1CCC(N2CCCCC2)CC1.O=C(O)C(F)(F)F. The van der Waals surface area contributed by atoms with Crippen molar-refractivity contribution in [1.29, 1.82) is 0 Å². The Bertz CT molecular complexity index is 1320. The number of nitrogens with one attached hydrogen (secondary N) is 1. The molecule has 0 unspecified atom stereocenters. The molecule has 0 saturated carbocycles. The number of sulfonamides is 1. The number of rotatable bonds is 6. The largest absolute Gasteiger partial charge is 0.490 e. The van der Waals surface area contributed by atoms with Crippen molar-refractivity contribution in [2.45, 2.75) is 56.1 Å². The van der Waals surface area contributed by atoms with Gasteiger partial charge in [0, 0.05) is 19.1 Å². The van der Waals surface area contributed by atoms with Crippen molar-refractivity contribution in [2.24, 2.45) is 0 Å². The summed E-state index contributed by atoms with van der Waals surface area (Å²) < 4.78 is 74.2. The number of aryl methyl sites for hydroxylation is 1. The number of carboxylic acids is 2. The van der Waals surface area contributed by atoms with Crippen molar-refractivity contribution in [3.05, 3.63) is 53.3 Å². The van der Waals surface area contributed by atoms with Crippen LogP contribution in [0.3, 0.4) is 0 Å². The van der Waals surface area contributed by atoms with Crippen LogP contribution in [-0.4, -0.2) is 73.9 Å². The highest BCUT2D eigenvalue weighted by Gasteiger charge is 2.38. The fourth-order valence-corrected chi connectivity index (χ4v) is 6.17. The average molecular weight is 590 g/mol. The molecule has 0 radical (unpaired) electrons. The minimum Gasteiger partial charge on any atom is -0.478 e. The number of piperidine rings is 2. The molecular formula is C26H31F4N3O6S. The zero-order valence-electron chi connectivity index (χ0n) is 21.7. The van der Waals surface area contributed by atoms with Crippen LogP contribution in [0.5, 0.6) is 0 Å². The van der Waals surface area contributed by atoms with Gasteiger partial charge in [0.25, 0.3) is 10.0 Å². The van der Waals surface area contributed by atoms with Gasteiger partial charge in [-0.05, 0) is 81.6 Å². The first-order chi connectivity index (χ1) is 18.7. The number of alkyl halides is 3. The Kier molecular flexibility index (Phi) is 10.0. The first-order valence-electron chi connectivity index (χ1n) is 12.6. The van der Waals surface area contributed by atoms with Crippen molar-refractivity contribution >= 4 is 33.3 Å². The van der Waals surface area contributed by atoms with Crippen LogP contribution in [0.1, 0.15) is 48.0 Å². The molecule has 220 valence electrons. The molecule has 0 amide bonds. The minimum absolute atomic E-state index is 0.0179. The van der Waals surface area contributed by atoms with E-state index in [9.17, 15) is 35.9 Å². The average Bonchev–Trinajstić information content (AvgIpc) is 2.90. The number of anilines is 2. The van der Waals surface area contributed by atoms with E-state index in [0.29, 0.717) is 17.3 Å². The van der Waals surface area contributed by atoms with E-state index < -0.39 is 34.0 Å². The topological polar surface area (TPSA) is 127 Å². The van der Waals surface area contributed by atoms with Gasteiger partial charge in [-0.3, -0.25) is 4.72 Å². The lowest BCUT2D eigenvalue weighted by Gasteiger charge is -2.41. The fraction of sp³-hybridized carbons (Fsp3) is 0.462. The van der Waals surface area contributed by atoms with Gasteiger partial charge in [-0.25, -0.2) is 22.4 Å². The molecule has 2 saturated heterocycles. The molecule has 3 N–H and O–H groups in total. The molecule has 2 heterocycles. The van der Waals surface area contributed by atoms with Gasteiger partial charge in [0.1, 0.15) is 5.82 Å². The summed E-state index contributed by atoms with van der Waals surface area (Å²) in [5.74, 6) is -4.56. The summed E-state index contributed by atoms with van der Waals surface area (Å²) in [4.78, 5) is 24.9. The fourth-order valence-electron chi connectivity index (χ4n) is 4.85. The Labute approximate surface area is 229 Å². The number of likely N-dealkylation sites (tertiary alicyclic amines) is 1. The van der Waals surface area contributed by atoms with Crippen LogP contribution in [0, 0.1) is 12.7 Å². The Morgan fingerprint density at radius 2 is 1.55 bits per heavy atom. The molecule has 14 heteroatoms. The second-order valence-electron chi connectivity index (χ2n) is 9.67. The van der Waals surface area contributed by atoms with E-state index in [0.717, 1.165) is 45.1 Å². The molecule has 9 nitrogen and oxygen atoms in total. The van der Waals surface area contributed by atoms with Gasteiger partial charge in [-0.2, -0.15) is 13.2 Å². The highest BCUT2D eigenvalue weighted by atomic mass is 32.2. The minimum atomic E-state index is -5.08. The zero-order chi connectivity index (χ0) is 29.7. The number of halogens is 4. The van der Waals surface area contributed by atoms with Crippen LogP contribution in [0.2, 0.25) is 0 Å². The third-order valence-electron chi connectivity index (χ3n) is 6.88. The number of benzene rings is 2. The molecule has 0 atom stereocenters. The van der Waals surface area contributed by atoms with E-state index in [1.807, 2.05) is 0 Å². The second-order valence-corrected chi connectivity index (χ2v) is 11.3. The normalized spacial score (nSPS) is 17.1. The number of aromatic carboxylic acids is 1. The van der Waals surface area contributed by atoms with Crippen LogP contribution in [0.25, 0.3) is 0 Å². The Morgan fingerprint density at radius 1 is 0.950 bits per heavy atom. The molecule has 2 aromatic rings. The third-order valence-corrected chi connectivity index (χ3v) is 8.39. The number of carboxylic acid groups (broad SMARTS) is 2. The van der Waals surface area contributed by atoms with Crippen molar-refractivity contribution in [3.8, 4) is 0 Å². The number of aliphatic carboxylic acids is 1. The maximum Gasteiger partial charge on any atom is 0.490 e. The predicted molar refractivity (Wildman–Crippen MR) is 140 cm³/mol. The van der Waals surface area contributed by atoms with Crippen molar-refractivity contribution < 1.29 is 45.8 Å². The van der Waals surface area contributed by atoms with E-state index in [1.165, 1.54) is 43.5 Å². The molecule has 2 aromatic carbocycles. The number of hydrogen-bond donors (Lipinski definition) is 3. The van der Waals surface area contributed by atoms with Crippen molar-refractivity contribution in [1.82, 2.24) is 4.90 Å². The molecule has 40 heavy (non-hydrogen) atoms. The van der Waals surface area contributed by atoms with Crippen LogP contribution < -0.4 is 9.62 Å². The lowest BCUT2D eigenvalue weighted by atomic mass is 9.99. The summed E-state index contributed by atoms with van der Waals surface area (Å²) in [5.41, 5.74) is 1.21. The maximum atomic E-state index is 13.8. The van der Waals surface area contributed by atoms with Gasteiger partial charge in [-0.15, -0.1) is 0 Å². The Hall–Kier alpha value is -3.39. The van der Waals surface area contributed by atoms with E-state index in [1.54, 1.807) is 13.0 Å². The van der Waals surface area contributed by atoms with Gasteiger partial charge >= 0.3 is 18.1 Å². The molecule has 2 fully saturated rings. The third kappa shape index (κ3) is 8.07. The van der Waals surface area contributed by atoms with Gasteiger partial charge < -0.3 is 20.0 Å². The van der Waals surface area contributed by atoms with E-state index in [4.69, 9.17) is 9.90 Å². The van der Waals surface area contributed by atoms with Gasteiger partial charge in [-0.1, -0.05) is 12.5 Å². The molecule has 0 aromatic heterocycles. The number of carbonyl (C=O) groups is 2. The molecular weight excluding hydrogens is 558 g/mol. The zero-order valence-corrected chi connectivity index (χ0v) is 22.6. The molecule has 2 aliphatic rings. The lowest BCUT2D eigenvalue weighted by molar-refractivity contribution is -0.192. The summed E-state index contributed by atoms with van der Waals surface area (Å²) in [6, 6.07) is 8.58. The van der Waals surface area contributed by atoms with E-state index >= 15 is 0 Å². The summed E-state index contributed by atoms with van der Waals surface area (Å²) in [6.45, 7) is 5.36. The van der Waals surface area contributed by atoms with Crippen LogP contribution in [-0.2, 0) is 14.8 Å². The molecule has 2 aliphatic heterocycles. The second kappa shape index (κ2) is 12.9. The Balaban J connectivity index is 0.000000559. The van der Waals surface area contributed by atoms with Crippen LogP contribution in [0.15, 0.2) is 41.3 Å². The quantitative estimate of drug-likeness (QED) is 0.413. The molecule has 0 spiro atoms. The van der Waals surface area contributed by atoms with Gasteiger partial charge in [0.2, 0.25) is 0 Å². The summed E-state index contributed by atoms with van der Waals surface area (Å²) >= 11 is 0. The Morgan fingerprint density at radius 3 is 2.10 bits per heavy atom. The molecule has 0 aliphatic carbocycles.